The van der Waals surface area contributed by atoms with Gasteiger partial charge >= 0.3 is 0 Å². The van der Waals surface area contributed by atoms with Gasteiger partial charge in [0.05, 0.1) is 29.6 Å². The molecule has 2 aromatic heterocycles. The van der Waals surface area contributed by atoms with Gasteiger partial charge in [0.1, 0.15) is 0 Å². The maximum Gasteiger partial charge on any atom is 0.249 e. The highest BCUT2D eigenvalue weighted by molar-refractivity contribution is 7.98. The van der Waals surface area contributed by atoms with Gasteiger partial charge in [0.2, 0.25) is 17.7 Å². The van der Waals surface area contributed by atoms with Crippen LogP contribution < -0.4 is 4.90 Å². The van der Waals surface area contributed by atoms with Gasteiger partial charge < -0.3 is 14.1 Å². The summed E-state index contributed by atoms with van der Waals surface area (Å²) in [6.07, 6.45) is 0. The fourth-order valence-corrected chi connectivity index (χ4v) is 3.89. The maximum atomic E-state index is 6.19. The molecule has 0 amide bonds. The molecule has 142 valence electrons. The Labute approximate surface area is 165 Å². The molecule has 3 aromatic rings. The van der Waals surface area contributed by atoms with Crippen LogP contribution in [-0.2, 0) is 17.0 Å². The van der Waals surface area contributed by atoms with E-state index in [2.05, 4.69) is 36.8 Å². The van der Waals surface area contributed by atoms with Crippen LogP contribution in [-0.4, -0.2) is 51.3 Å². The molecule has 0 spiro atoms. The van der Waals surface area contributed by atoms with Crippen LogP contribution in [0.4, 0.5) is 5.95 Å². The van der Waals surface area contributed by atoms with E-state index in [0.717, 1.165) is 36.3 Å². The zero-order valence-corrected chi connectivity index (χ0v) is 16.4. The van der Waals surface area contributed by atoms with Crippen LogP contribution in [0.15, 0.2) is 33.8 Å². The fourth-order valence-electron chi connectivity index (χ4n) is 2.84. The van der Waals surface area contributed by atoms with Crippen molar-refractivity contribution < 1.29 is 9.15 Å². The minimum atomic E-state index is 0.419. The van der Waals surface area contributed by atoms with Gasteiger partial charge in [0.25, 0.3) is 0 Å². The molecule has 1 aliphatic rings. The van der Waals surface area contributed by atoms with Gasteiger partial charge in [0, 0.05) is 19.6 Å². The fraction of sp³-hybridized carbons (Fsp3) is 0.412. The van der Waals surface area contributed by atoms with Crippen LogP contribution >= 0.6 is 23.4 Å². The van der Waals surface area contributed by atoms with E-state index in [0.29, 0.717) is 35.8 Å². The smallest absolute Gasteiger partial charge is 0.249 e. The van der Waals surface area contributed by atoms with Crippen molar-refractivity contribution >= 4 is 29.3 Å². The van der Waals surface area contributed by atoms with Gasteiger partial charge in [-0.2, -0.15) is 0 Å². The Hall–Kier alpha value is -2.10. The lowest BCUT2D eigenvalue weighted by Gasteiger charge is -2.27. The van der Waals surface area contributed by atoms with E-state index in [9.17, 15) is 0 Å². The lowest BCUT2D eigenvalue weighted by atomic mass is 10.2. The highest BCUT2D eigenvalue weighted by Crippen LogP contribution is 2.29. The number of halogens is 1. The van der Waals surface area contributed by atoms with Crippen molar-refractivity contribution in [2.75, 3.05) is 31.2 Å². The highest BCUT2D eigenvalue weighted by Gasteiger charge is 2.20. The molecule has 0 aliphatic carbocycles. The molecule has 10 heteroatoms. The average molecular weight is 407 g/mol. The summed E-state index contributed by atoms with van der Waals surface area (Å²) in [4.78, 5) is 2.20. The number of hydrogen-bond acceptors (Lipinski definition) is 8. The minimum Gasteiger partial charge on any atom is -0.420 e. The van der Waals surface area contributed by atoms with Gasteiger partial charge in [-0.3, -0.25) is 4.57 Å². The molecule has 1 fully saturated rings. The zero-order chi connectivity index (χ0) is 18.6. The van der Waals surface area contributed by atoms with Crippen LogP contribution in [0.2, 0.25) is 5.02 Å². The van der Waals surface area contributed by atoms with Crippen LogP contribution in [0.25, 0.3) is 11.5 Å². The predicted octanol–water partition coefficient (Wildman–Crippen LogP) is 3.13. The van der Waals surface area contributed by atoms with Crippen molar-refractivity contribution in [3.05, 3.63) is 35.2 Å². The number of hydrogen-bond donors (Lipinski definition) is 0. The van der Waals surface area contributed by atoms with Crippen molar-refractivity contribution in [2.45, 2.75) is 24.4 Å². The molecule has 0 unspecified atom stereocenters. The number of ether oxygens (including phenoxy) is 1. The average Bonchev–Trinajstić information content (AvgIpc) is 3.34. The largest absolute Gasteiger partial charge is 0.420 e. The number of rotatable bonds is 6. The standard InChI is InChI=1S/C17H19ClN6O2S/c1-2-24-16(23-7-9-25-10-8-23)21-22-17(24)27-11-14-19-20-15(26-14)12-5-3-4-6-13(12)18/h3-6H,2,7-11H2,1H3. The topological polar surface area (TPSA) is 82.1 Å². The maximum absolute atomic E-state index is 6.19. The second kappa shape index (κ2) is 8.28. The van der Waals surface area contributed by atoms with Crippen molar-refractivity contribution in [1.82, 2.24) is 25.0 Å². The second-order valence-electron chi connectivity index (χ2n) is 5.90. The first-order valence-corrected chi connectivity index (χ1v) is 10.1. The number of nitrogens with zero attached hydrogens (tertiary/aromatic N) is 6. The van der Waals surface area contributed by atoms with E-state index < -0.39 is 0 Å². The Morgan fingerprint density at radius 3 is 2.70 bits per heavy atom. The Kier molecular flexibility index (Phi) is 5.61. The molecular formula is C17H19ClN6O2S. The molecule has 0 N–H and O–H groups in total. The summed E-state index contributed by atoms with van der Waals surface area (Å²) in [7, 11) is 0. The molecule has 4 rings (SSSR count). The quantitative estimate of drug-likeness (QED) is 0.577. The Morgan fingerprint density at radius 1 is 1.11 bits per heavy atom. The number of morpholine rings is 1. The number of anilines is 1. The van der Waals surface area contributed by atoms with Gasteiger partial charge in [0.15, 0.2) is 5.16 Å². The van der Waals surface area contributed by atoms with Crippen molar-refractivity contribution in [1.29, 1.82) is 0 Å². The lowest BCUT2D eigenvalue weighted by molar-refractivity contribution is 0.121. The summed E-state index contributed by atoms with van der Waals surface area (Å²) in [6, 6.07) is 7.40. The SMILES string of the molecule is CCn1c(SCc2nnc(-c3ccccc3Cl)o2)nnc1N1CCOCC1. The summed E-state index contributed by atoms with van der Waals surface area (Å²) in [5, 5.41) is 18.3. The van der Waals surface area contributed by atoms with Crippen molar-refractivity contribution in [3.63, 3.8) is 0 Å². The third kappa shape index (κ3) is 3.95. The number of thioether (sulfide) groups is 1. The van der Waals surface area contributed by atoms with Crippen molar-refractivity contribution in [2.24, 2.45) is 0 Å². The van der Waals surface area contributed by atoms with Crippen LogP contribution in [0.5, 0.6) is 0 Å². The zero-order valence-electron chi connectivity index (χ0n) is 14.8. The highest BCUT2D eigenvalue weighted by atomic mass is 35.5. The van der Waals surface area contributed by atoms with Crippen LogP contribution in [0, 0.1) is 0 Å². The molecule has 0 saturated carbocycles. The first-order chi connectivity index (χ1) is 13.3. The van der Waals surface area contributed by atoms with E-state index in [4.69, 9.17) is 20.8 Å². The van der Waals surface area contributed by atoms with Gasteiger partial charge in [-0.15, -0.1) is 20.4 Å². The molecule has 1 saturated heterocycles. The Morgan fingerprint density at radius 2 is 1.93 bits per heavy atom. The number of aromatic nitrogens is 5. The van der Waals surface area contributed by atoms with Gasteiger partial charge in [-0.1, -0.05) is 35.5 Å². The summed E-state index contributed by atoms with van der Waals surface area (Å²) >= 11 is 7.71. The minimum absolute atomic E-state index is 0.419. The molecule has 8 nitrogen and oxygen atoms in total. The van der Waals surface area contributed by atoms with E-state index >= 15 is 0 Å². The molecule has 27 heavy (non-hydrogen) atoms. The molecule has 0 atom stereocenters. The molecule has 0 bridgehead atoms. The monoisotopic (exact) mass is 406 g/mol. The van der Waals surface area contributed by atoms with E-state index in [1.165, 1.54) is 11.8 Å². The Balaban J connectivity index is 1.46. The summed E-state index contributed by atoms with van der Waals surface area (Å²) in [6.45, 7) is 5.95. The van der Waals surface area contributed by atoms with E-state index in [1.807, 2.05) is 18.2 Å². The molecule has 1 aromatic carbocycles. The second-order valence-corrected chi connectivity index (χ2v) is 7.25. The van der Waals surface area contributed by atoms with Crippen LogP contribution in [0.1, 0.15) is 12.8 Å². The first-order valence-electron chi connectivity index (χ1n) is 8.72. The third-order valence-corrected chi connectivity index (χ3v) is 5.48. The lowest BCUT2D eigenvalue weighted by Crippen LogP contribution is -2.38. The Bertz CT molecular complexity index is 908. The van der Waals surface area contributed by atoms with E-state index in [-0.39, 0.29) is 0 Å². The summed E-state index contributed by atoms with van der Waals surface area (Å²) < 4.78 is 13.3. The van der Waals surface area contributed by atoms with Crippen LogP contribution in [0.3, 0.4) is 0 Å². The predicted molar refractivity (Wildman–Crippen MR) is 103 cm³/mol. The molecule has 1 aliphatic heterocycles. The first kappa shape index (κ1) is 18.3. The summed E-state index contributed by atoms with van der Waals surface area (Å²) in [5.41, 5.74) is 0.731. The third-order valence-electron chi connectivity index (χ3n) is 4.20. The normalized spacial score (nSPS) is 14.7. The van der Waals surface area contributed by atoms with Gasteiger partial charge in [-0.25, -0.2) is 0 Å². The van der Waals surface area contributed by atoms with E-state index in [1.54, 1.807) is 6.07 Å². The van der Waals surface area contributed by atoms with Gasteiger partial charge in [-0.05, 0) is 19.1 Å². The molecule has 3 heterocycles. The molecule has 0 radical (unpaired) electrons. The number of benzene rings is 1. The van der Waals surface area contributed by atoms with Crippen molar-refractivity contribution in [3.8, 4) is 11.5 Å². The molecular weight excluding hydrogens is 388 g/mol. The summed E-state index contributed by atoms with van der Waals surface area (Å²) in [5.74, 6) is 2.33.